The van der Waals surface area contributed by atoms with Crippen molar-refractivity contribution in [1.29, 1.82) is 0 Å². The summed E-state index contributed by atoms with van der Waals surface area (Å²) in [7, 11) is 0. The molecule has 0 spiro atoms. The van der Waals surface area contributed by atoms with Crippen LogP contribution < -0.4 is 14.8 Å². The highest BCUT2D eigenvalue weighted by atomic mass is 32.1. The van der Waals surface area contributed by atoms with Gasteiger partial charge in [-0.25, -0.2) is 4.98 Å². The first-order valence-electron chi connectivity index (χ1n) is 7.57. The van der Waals surface area contributed by atoms with Crippen LogP contribution in [0.25, 0.3) is 0 Å². The van der Waals surface area contributed by atoms with Gasteiger partial charge in [0.25, 0.3) is 5.91 Å². The van der Waals surface area contributed by atoms with Crippen LogP contribution in [0, 0.1) is 0 Å². The molecule has 0 saturated heterocycles. The summed E-state index contributed by atoms with van der Waals surface area (Å²) in [4.78, 5) is 16.5. The first-order valence-corrected chi connectivity index (χ1v) is 8.51. The summed E-state index contributed by atoms with van der Waals surface area (Å²) < 4.78 is 34.9. The van der Waals surface area contributed by atoms with E-state index in [9.17, 15) is 13.6 Å². The van der Waals surface area contributed by atoms with Gasteiger partial charge < -0.3 is 14.8 Å². The second kappa shape index (κ2) is 8.39. The molecule has 0 unspecified atom stereocenters. The van der Waals surface area contributed by atoms with Crippen LogP contribution in [0.5, 0.6) is 11.5 Å². The van der Waals surface area contributed by atoms with E-state index >= 15 is 0 Å². The average molecular weight is 376 g/mol. The zero-order chi connectivity index (χ0) is 18.4. The van der Waals surface area contributed by atoms with E-state index in [-0.39, 0.29) is 11.4 Å². The van der Waals surface area contributed by atoms with Gasteiger partial charge in [-0.15, -0.1) is 11.3 Å². The van der Waals surface area contributed by atoms with E-state index in [0.29, 0.717) is 17.9 Å². The molecule has 0 aliphatic rings. The maximum atomic E-state index is 12.5. The fourth-order valence-corrected chi connectivity index (χ4v) is 2.70. The second-order valence-corrected chi connectivity index (χ2v) is 5.84. The zero-order valence-corrected chi connectivity index (χ0v) is 14.2. The van der Waals surface area contributed by atoms with E-state index in [4.69, 9.17) is 4.74 Å². The molecular formula is C18H14F2N2O3S. The van der Waals surface area contributed by atoms with Crippen LogP contribution in [-0.4, -0.2) is 17.5 Å². The zero-order valence-electron chi connectivity index (χ0n) is 13.4. The quantitative estimate of drug-likeness (QED) is 0.656. The number of aromatic nitrogens is 1. The van der Waals surface area contributed by atoms with Crippen molar-refractivity contribution in [2.24, 2.45) is 0 Å². The number of anilines is 1. The normalized spacial score (nSPS) is 10.6. The van der Waals surface area contributed by atoms with Crippen molar-refractivity contribution in [3.05, 3.63) is 70.7 Å². The van der Waals surface area contributed by atoms with Gasteiger partial charge in [0.15, 0.2) is 0 Å². The second-order valence-electron chi connectivity index (χ2n) is 5.13. The number of benzene rings is 2. The molecule has 0 atom stereocenters. The predicted octanol–water partition coefficient (Wildman–Crippen LogP) is 4.58. The van der Waals surface area contributed by atoms with Crippen molar-refractivity contribution < 1.29 is 23.0 Å². The predicted molar refractivity (Wildman–Crippen MR) is 93.9 cm³/mol. The van der Waals surface area contributed by atoms with Gasteiger partial charge in [0.2, 0.25) is 0 Å². The van der Waals surface area contributed by atoms with Gasteiger partial charge in [-0.05, 0) is 30.3 Å². The standard InChI is InChI=1S/C18H14F2N2O3S/c19-18(20)25-16-7-2-1-6-15(16)22-17(23)12-4-3-5-14(8-12)24-9-13-10-26-11-21-13/h1-8,10-11,18H,9H2,(H,22,23). The molecule has 1 aromatic heterocycles. The summed E-state index contributed by atoms with van der Waals surface area (Å²) in [5.74, 6) is -0.0658. The highest BCUT2D eigenvalue weighted by Gasteiger charge is 2.13. The third kappa shape index (κ3) is 4.76. The molecule has 5 nitrogen and oxygen atoms in total. The number of rotatable bonds is 7. The third-order valence-corrected chi connectivity index (χ3v) is 3.95. The topological polar surface area (TPSA) is 60.5 Å². The Morgan fingerprint density at radius 3 is 2.81 bits per heavy atom. The summed E-state index contributed by atoms with van der Waals surface area (Å²) in [5.41, 5.74) is 2.99. The first-order chi connectivity index (χ1) is 12.6. The highest BCUT2D eigenvalue weighted by molar-refractivity contribution is 7.07. The maximum Gasteiger partial charge on any atom is 0.387 e. The molecule has 3 rings (SSSR count). The molecule has 0 radical (unpaired) electrons. The lowest BCUT2D eigenvalue weighted by Gasteiger charge is -2.12. The van der Waals surface area contributed by atoms with Crippen molar-refractivity contribution in [3.63, 3.8) is 0 Å². The van der Waals surface area contributed by atoms with Crippen molar-refractivity contribution in [1.82, 2.24) is 4.98 Å². The SMILES string of the molecule is O=C(Nc1ccccc1OC(F)F)c1cccc(OCc2cscn2)c1. The van der Waals surface area contributed by atoms with Crippen LogP contribution in [-0.2, 0) is 6.61 Å². The first kappa shape index (κ1) is 17.8. The number of carbonyl (C=O) groups excluding carboxylic acids is 1. The van der Waals surface area contributed by atoms with Gasteiger partial charge in [-0.1, -0.05) is 18.2 Å². The fraction of sp³-hybridized carbons (Fsp3) is 0.111. The fourth-order valence-electron chi connectivity index (χ4n) is 2.16. The molecule has 0 aliphatic carbocycles. The molecule has 134 valence electrons. The Balaban J connectivity index is 1.69. The lowest BCUT2D eigenvalue weighted by Crippen LogP contribution is -2.14. The number of hydrogen-bond acceptors (Lipinski definition) is 5. The number of halogens is 2. The highest BCUT2D eigenvalue weighted by Crippen LogP contribution is 2.26. The number of thiazole rings is 1. The Morgan fingerprint density at radius 2 is 2.04 bits per heavy atom. The number of nitrogens with zero attached hydrogens (tertiary/aromatic N) is 1. The summed E-state index contributed by atoms with van der Waals surface area (Å²) in [6.07, 6.45) is 0. The Hall–Kier alpha value is -3.00. The van der Waals surface area contributed by atoms with E-state index in [2.05, 4.69) is 15.0 Å². The molecule has 8 heteroatoms. The van der Waals surface area contributed by atoms with Gasteiger partial charge in [-0.2, -0.15) is 8.78 Å². The van der Waals surface area contributed by atoms with Crippen molar-refractivity contribution in [2.45, 2.75) is 13.2 Å². The smallest absolute Gasteiger partial charge is 0.387 e. The summed E-state index contributed by atoms with van der Waals surface area (Å²) in [5, 5.41) is 4.44. The third-order valence-electron chi connectivity index (χ3n) is 3.32. The molecule has 3 aromatic rings. The molecule has 0 fully saturated rings. The van der Waals surface area contributed by atoms with E-state index in [1.807, 2.05) is 5.38 Å². The number of amides is 1. The number of para-hydroxylation sites is 2. The molecule has 1 amide bonds. The molecular weight excluding hydrogens is 362 g/mol. The lowest BCUT2D eigenvalue weighted by atomic mass is 10.2. The van der Waals surface area contributed by atoms with Crippen LogP contribution in [0.15, 0.2) is 59.4 Å². The molecule has 2 aromatic carbocycles. The Bertz CT molecular complexity index is 872. The molecule has 26 heavy (non-hydrogen) atoms. The van der Waals surface area contributed by atoms with Gasteiger partial charge in [0, 0.05) is 10.9 Å². The van der Waals surface area contributed by atoms with Crippen LogP contribution in [0.3, 0.4) is 0 Å². The van der Waals surface area contributed by atoms with E-state index in [1.54, 1.807) is 41.9 Å². The number of hydrogen-bond donors (Lipinski definition) is 1. The minimum absolute atomic E-state index is 0.105. The minimum atomic E-state index is -2.98. The van der Waals surface area contributed by atoms with Gasteiger partial charge in [0.1, 0.15) is 18.1 Å². The molecule has 0 bridgehead atoms. The van der Waals surface area contributed by atoms with Crippen molar-refractivity contribution in [3.8, 4) is 11.5 Å². The van der Waals surface area contributed by atoms with Crippen LogP contribution >= 0.6 is 11.3 Å². The number of ether oxygens (including phenoxy) is 2. The van der Waals surface area contributed by atoms with E-state index < -0.39 is 12.5 Å². The van der Waals surface area contributed by atoms with Crippen molar-refractivity contribution in [2.75, 3.05) is 5.32 Å². The molecule has 0 aliphatic heterocycles. The minimum Gasteiger partial charge on any atom is -0.487 e. The Labute approximate surface area is 152 Å². The Kier molecular flexibility index (Phi) is 5.75. The van der Waals surface area contributed by atoms with Crippen LogP contribution in [0.4, 0.5) is 14.5 Å². The molecule has 1 N–H and O–H groups in total. The number of nitrogens with one attached hydrogen (secondary N) is 1. The summed E-state index contributed by atoms with van der Waals surface area (Å²) in [6, 6.07) is 12.6. The van der Waals surface area contributed by atoms with Gasteiger partial charge in [-0.3, -0.25) is 4.79 Å². The monoisotopic (exact) mass is 376 g/mol. The molecule has 1 heterocycles. The van der Waals surface area contributed by atoms with Gasteiger partial charge >= 0.3 is 6.61 Å². The maximum absolute atomic E-state index is 12.5. The van der Waals surface area contributed by atoms with Crippen molar-refractivity contribution >= 4 is 22.9 Å². The average Bonchev–Trinajstić information content (AvgIpc) is 3.15. The van der Waals surface area contributed by atoms with Crippen LogP contribution in [0.1, 0.15) is 16.1 Å². The van der Waals surface area contributed by atoms with Crippen LogP contribution in [0.2, 0.25) is 0 Å². The van der Waals surface area contributed by atoms with E-state index in [0.717, 1.165) is 5.69 Å². The number of carbonyl (C=O) groups is 1. The lowest BCUT2D eigenvalue weighted by molar-refractivity contribution is -0.0493. The largest absolute Gasteiger partial charge is 0.487 e. The van der Waals surface area contributed by atoms with E-state index in [1.165, 1.54) is 23.5 Å². The molecule has 0 saturated carbocycles. The summed E-state index contributed by atoms with van der Waals surface area (Å²) >= 11 is 1.47. The summed E-state index contributed by atoms with van der Waals surface area (Å²) in [6.45, 7) is -2.69. The van der Waals surface area contributed by atoms with Gasteiger partial charge in [0.05, 0.1) is 16.9 Å². The number of alkyl halides is 2. The Morgan fingerprint density at radius 1 is 1.19 bits per heavy atom.